The molecule has 1 saturated heterocycles. The zero-order valence-corrected chi connectivity index (χ0v) is 19.7. The molecule has 1 N–H and O–H groups in total. The smallest absolute Gasteiger partial charge is 0.254 e. The first-order valence-electron chi connectivity index (χ1n) is 9.01. The van der Waals surface area contributed by atoms with Crippen molar-refractivity contribution >= 4 is 61.3 Å². The van der Waals surface area contributed by atoms with E-state index in [9.17, 15) is 13.2 Å². The van der Waals surface area contributed by atoms with Gasteiger partial charge in [-0.2, -0.15) is 9.41 Å². The molecule has 0 atom stereocenters. The first-order valence-corrected chi connectivity index (χ1v) is 12.0. The van der Waals surface area contributed by atoms with Crippen molar-refractivity contribution < 1.29 is 13.2 Å². The van der Waals surface area contributed by atoms with Crippen LogP contribution in [0.4, 0.5) is 0 Å². The van der Waals surface area contributed by atoms with Crippen molar-refractivity contribution in [3.05, 3.63) is 62.5 Å². The van der Waals surface area contributed by atoms with Gasteiger partial charge < -0.3 is 0 Å². The molecule has 1 heterocycles. The number of nitrogens with one attached hydrogen (secondary N) is 1. The van der Waals surface area contributed by atoms with E-state index in [4.69, 9.17) is 23.2 Å². The largest absolute Gasteiger partial charge is 0.292 e. The zero-order valence-electron chi connectivity index (χ0n) is 15.8. The highest BCUT2D eigenvalue weighted by Gasteiger charge is 2.28. The lowest BCUT2D eigenvalue weighted by molar-refractivity contribution is -0.122. The van der Waals surface area contributed by atoms with Crippen molar-refractivity contribution in [2.45, 2.75) is 4.90 Å². The summed E-state index contributed by atoms with van der Waals surface area (Å²) < 4.78 is 27.7. The Labute approximate surface area is 193 Å². The van der Waals surface area contributed by atoms with E-state index < -0.39 is 10.0 Å². The minimum Gasteiger partial charge on any atom is -0.292 e. The molecule has 0 spiro atoms. The van der Waals surface area contributed by atoms with Crippen molar-refractivity contribution in [3.8, 4) is 0 Å². The summed E-state index contributed by atoms with van der Waals surface area (Å²) in [6, 6.07) is 11.6. The Morgan fingerprint density at radius 3 is 2.27 bits per heavy atom. The van der Waals surface area contributed by atoms with Crippen LogP contribution in [0.3, 0.4) is 0 Å². The lowest BCUT2D eigenvalue weighted by Crippen LogP contribution is -2.50. The molecule has 1 fully saturated rings. The molecule has 0 aromatic heterocycles. The predicted molar refractivity (Wildman–Crippen MR) is 122 cm³/mol. The quantitative estimate of drug-likeness (QED) is 0.456. The second kappa shape index (κ2) is 10.2. The number of nitrogens with zero attached hydrogens (tertiary/aromatic N) is 3. The summed E-state index contributed by atoms with van der Waals surface area (Å²) in [5.74, 6) is -0.307. The van der Waals surface area contributed by atoms with Gasteiger partial charge in [0.1, 0.15) is 0 Å². The summed E-state index contributed by atoms with van der Waals surface area (Å²) in [6.07, 6.45) is 1.39. The van der Waals surface area contributed by atoms with Crippen LogP contribution >= 0.6 is 39.1 Å². The number of hydrogen-bond donors (Lipinski definition) is 1. The third kappa shape index (κ3) is 5.81. The Hall–Kier alpha value is -1.49. The van der Waals surface area contributed by atoms with Crippen LogP contribution < -0.4 is 5.43 Å². The lowest BCUT2D eigenvalue weighted by atomic mass is 10.2. The Kier molecular flexibility index (Phi) is 7.89. The van der Waals surface area contributed by atoms with Gasteiger partial charge in [0, 0.05) is 36.2 Å². The number of hydrazone groups is 1. The molecule has 30 heavy (non-hydrogen) atoms. The number of halogens is 3. The Morgan fingerprint density at radius 1 is 1.07 bits per heavy atom. The molecular formula is C19H19BrCl2N4O3S. The molecule has 7 nitrogen and oxygen atoms in total. The maximum atomic E-state index is 12.7. The van der Waals surface area contributed by atoms with Gasteiger partial charge in [-0.1, -0.05) is 45.2 Å². The molecule has 0 radical (unpaired) electrons. The summed E-state index contributed by atoms with van der Waals surface area (Å²) in [4.78, 5) is 14.3. The van der Waals surface area contributed by atoms with Crippen molar-refractivity contribution in [1.82, 2.24) is 14.6 Å². The molecule has 160 valence electrons. The van der Waals surface area contributed by atoms with Crippen LogP contribution in [0.1, 0.15) is 5.56 Å². The standard InChI is InChI=1S/C19H19BrCl2N4O3S/c20-14-4-6-15(7-5-14)30(28,29)26-10-8-25(9-11-26)13-19(27)24-23-12-16-17(21)2-1-3-18(16)22/h1-7,12H,8-11,13H2,(H,24,27)/b23-12+. The topological polar surface area (TPSA) is 82.1 Å². The highest BCUT2D eigenvalue weighted by molar-refractivity contribution is 9.10. The normalized spacial score (nSPS) is 16.1. The molecule has 3 rings (SSSR count). The van der Waals surface area contributed by atoms with Gasteiger partial charge in [-0.05, 0) is 36.4 Å². The van der Waals surface area contributed by atoms with E-state index in [0.717, 1.165) is 4.47 Å². The maximum Gasteiger partial charge on any atom is 0.254 e. The van der Waals surface area contributed by atoms with Crippen LogP contribution in [0.25, 0.3) is 0 Å². The summed E-state index contributed by atoms with van der Waals surface area (Å²) in [7, 11) is -3.55. The number of hydrogen-bond acceptors (Lipinski definition) is 5. The minimum atomic E-state index is -3.55. The summed E-state index contributed by atoms with van der Waals surface area (Å²) in [6.45, 7) is 1.63. The minimum absolute atomic E-state index is 0.111. The number of amides is 1. The van der Waals surface area contributed by atoms with E-state index in [-0.39, 0.29) is 17.3 Å². The number of benzene rings is 2. The van der Waals surface area contributed by atoms with Gasteiger partial charge in [0.05, 0.1) is 27.7 Å². The third-order valence-electron chi connectivity index (χ3n) is 4.53. The first kappa shape index (κ1) is 23.2. The molecular weight excluding hydrogens is 515 g/mol. The van der Waals surface area contributed by atoms with Gasteiger partial charge in [0.25, 0.3) is 5.91 Å². The van der Waals surface area contributed by atoms with Gasteiger partial charge in [-0.15, -0.1) is 0 Å². The summed E-state index contributed by atoms with van der Waals surface area (Å²) in [5, 5.41) is 4.77. The maximum absolute atomic E-state index is 12.7. The van der Waals surface area contributed by atoms with E-state index in [0.29, 0.717) is 41.8 Å². The van der Waals surface area contributed by atoms with Crippen LogP contribution in [0, 0.1) is 0 Å². The van der Waals surface area contributed by atoms with Crippen molar-refractivity contribution in [1.29, 1.82) is 0 Å². The van der Waals surface area contributed by atoms with Crippen molar-refractivity contribution in [2.75, 3.05) is 32.7 Å². The molecule has 2 aromatic carbocycles. The molecule has 0 aliphatic carbocycles. The fourth-order valence-corrected chi connectivity index (χ4v) is 5.11. The van der Waals surface area contributed by atoms with Gasteiger partial charge in [-0.25, -0.2) is 13.8 Å². The number of carbonyl (C=O) groups is 1. The van der Waals surface area contributed by atoms with Gasteiger partial charge >= 0.3 is 0 Å². The molecule has 1 aliphatic rings. The molecule has 1 amide bonds. The second-order valence-electron chi connectivity index (χ2n) is 6.56. The van der Waals surface area contributed by atoms with Gasteiger partial charge in [-0.3, -0.25) is 9.69 Å². The number of rotatable bonds is 6. The van der Waals surface area contributed by atoms with Crippen LogP contribution in [-0.4, -0.2) is 62.5 Å². The molecule has 1 aliphatic heterocycles. The van der Waals surface area contributed by atoms with Gasteiger partial charge in [0.2, 0.25) is 10.0 Å². The first-order chi connectivity index (χ1) is 14.3. The van der Waals surface area contributed by atoms with E-state index in [1.165, 1.54) is 10.5 Å². The highest BCUT2D eigenvalue weighted by atomic mass is 79.9. The number of piperazine rings is 1. The second-order valence-corrected chi connectivity index (χ2v) is 10.2. The predicted octanol–water partition coefficient (Wildman–Crippen LogP) is 3.21. The summed E-state index contributed by atoms with van der Waals surface area (Å²) >= 11 is 15.4. The third-order valence-corrected chi connectivity index (χ3v) is 7.63. The van der Waals surface area contributed by atoms with Crippen LogP contribution in [0.15, 0.2) is 56.9 Å². The van der Waals surface area contributed by atoms with Crippen LogP contribution in [0.5, 0.6) is 0 Å². The zero-order chi connectivity index (χ0) is 21.7. The Bertz CT molecular complexity index is 1020. The fraction of sp³-hybridized carbons (Fsp3) is 0.263. The molecule has 0 saturated carbocycles. The van der Waals surface area contributed by atoms with Crippen LogP contribution in [-0.2, 0) is 14.8 Å². The lowest BCUT2D eigenvalue weighted by Gasteiger charge is -2.33. The Balaban J connectivity index is 1.50. The highest BCUT2D eigenvalue weighted by Crippen LogP contribution is 2.22. The molecule has 2 aromatic rings. The van der Waals surface area contributed by atoms with Gasteiger partial charge in [0.15, 0.2) is 0 Å². The molecule has 11 heteroatoms. The number of carbonyl (C=O) groups excluding carboxylic acids is 1. The van der Waals surface area contributed by atoms with E-state index in [2.05, 4.69) is 26.5 Å². The Morgan fingerprint density at radius 2 is 1.67 bits per heavy atom. The molecule has 0 unspecified atom stereocenters. The van der Waals surface area contributed by atoms with Crippen molar-refractivity contribution in [2.24, 2.45) is 5.10 Å². The average molecular weight is 534 g/mol. The average Bonchev–Trinajstić information content (AvgIpc) is 2.71. The fourth-order valence-electron chi connectivity index (χ4n) is 2.92. The van der Waals surface area contributed by atoms with E-state index in [1.54, 1.807) is 42.5 Å². The summed E-state index contributed by atoms with van der Waals surface area (Å²) in [5.41, 5.74) is 2.96. The van der Waals surface area contributed by atoms with E-state index in [1.807, 2.05) is 4.90 Å². The van der Waals surface area contributed by atoms with E-state index >= 15 is 0 Å². The molecule has 0 bridgehead atoms. The van der Waals surface area contributed by atoms with Crippen molar-refractivity contribution in [3.63, 3.8) is 0 Å². The number of sulfonamides is 1. The van der Waals surface area contributed by atoms with Crippen LogP contribution in [0.2, 0.25) is 10.0 Å². The SMILES string of the molecule is O=C(CN1CCN(S(=O)(=O)c2ccc(Br)cc2)CC1)N/N=C/c1c(Cl)cccc1Cl. The monoisotopic (exact) mass is 532 g/mol.